The summed E-state index contributed by atoms with van der Waals surface area (Å²) in [5.74, 6) is 0.575. The molecule has 5 nitrogen and oxygen atoms in total. The normalized spacial score (nSPS) is 17.6. The molecule has 1 unspecified atom stereocenters. The Morgan fingerprint density at radius 1 is 0.897 bits per heavy atom. The zero-order valence-corrected chi connectivity index (χ0v) is 16.3. The van der Waals surface area contributed by atoms with Crippen molar-refractivity contribution >= 4 is 28.5 Å². The standard InChI is InChI=1S/C23H18N4OS/c28-22-20-18-13-7-8-14-19(18)24-21(17-11-5-2-6-12-17)27(20)26-23(25-22)29-15-16-9-3-1-4-10-16/h1-14,21H,15H2,(H,25,26,28). The van der Waals surface area contributed by atoms with Gasteiger partial charge >= 0.3 is 0 Å². The second kappa shape index (κ2) is 7.56. The number of nitrogens with zero attached hydrogens (tertiary/aromatic N) is 3. The molecule has 0 radical (unpaired) electrons. The number of hydrogen-bond acceptors (Lipinski definition) is 5. The van der Waals surface area contributed by atoms with Gasteiger partial charge in [0.2, 0.25) is 0 Å². The number of amides is 1. The number of para-hydroxylation sites is 1. The molecular formula is C23H18N4OS. The molecule has 0 bridgehead atoms. The molecule has 6 heteroatoms. The number of fused-ring (bicyclic) bond motifs is 2. The zero-order valence-electron chi connectivity index (χ0n) is 15.5. The molecule has 1 amide bonds. The molecule has 29 heavy (non-hydrogen) atoms. The van der Waals surface area contributed by atoms with Gasteiger partial charge in [-0.1, -0.05) is 90.6 Å². The smallest absolute Gasteiger partial charge is 0.276 e. The van der Waals surface area contributed by atoms with Gasteiger partial charge < -0.3 is 0 Å². The number of benzene rings is 3. The predicted molar refractivity (Wildman–Crippen MR) is 115 cm³/mol. The lowest BCUT2D eigenvalue weighted by Gasteiger charge is -2.34. The van der Waals surface area contributed by atoms with Crippen LogP contribution in [0.3, 0.4) is 0 Å². The number of carbonyl (C=O) groups excluding carboxylic acids is 1. The van der Waals surface area contributed by atoms with E-state index in [0.717, 1.165) is 21.9 Å². The van der Waals surface area contributed by atoms with Gasteiger partial charge in [-0.15, -0.1) is 5.10 Å². The van der Waals surface area contributed by atoms with Crippen molar-refractivity contribution in [2.45, 2.75) is 11.9 Å². The maximum atomic E-state index is 13.1. The maximum Gasteiger partial charge on any atom is 0.276 e. The number of rotatable bonds is 3. The summed E-state index contributed by atoms with van der Waals surface area (Å²) in [5, 5.41) is 11.7. The Balaban J connectivity index is 1.57. The molecule has 1 N–H and O–H groups in total. The Bertz CT molecular complexity index is 1210. The van der Waals surface area contributed by atoms with Crippen LogP contribution in [0.1, 0.15) is 17.3 Å². The van der Waals surface area contributed by atoms with Crippen molar-refractivity contribution in [2.24, 2.45) is 10.1 Å². The third-order valence-electron chi connectivity index (χ3n) is 4.83. The highest BCUT2D eigenvalue weighted by Gasteiger charge is 2.34. The van der Waals surface area contributed by atoms with Gasteiger partial charge in [-0.3, -0.25) is 15.1 Å². The van der Waals surface area contributed by atoms with Crippen molar-refractivity contribution in [3.8, 4) is 0 Å². The average Bonchev–Trinajstić information content (AvgIpc) is 2.78. The first-order valence-electron chi connectivity index (χ1n) is 9.38. The van der Waals surface area contributed by atoms with Crippen LogP contribution in [0, 0.1) is 0 Å². The quantitative estimate of drug-likeness (QED) is 0.738. The molecular weight excluding hydrogens is 380 g/mol. The van der Waals surface area contributed by atoms with E-state index in [1.807, 2.05) is 72.8 Å². The lowest BCUT2D eigenvalue weighted by atomic mass is 10.1. The summed E-state index contributed by atoms with van der Waals surface area (Å²) in [6.07, 6.45) is -0.375. The van der Waals surface area contributed by atoms with E-state index in [1.165, 1.54) is 17.3 Å². The predicted octanol–water partition coefficient (Wildman–Crippen LogP) is 2.76. The van der Waals surface area contributed by atoms with Crippen LogP contribution >= 0.6 is 11.8 Å². The van der Waals surface area contributed by atoms with E-state index in [2.05, 4.69) is 17.4 Å². The monoisotopic (exact) mass is 398 g/mol. The Morgan fingerprint density at radius 2 is 1.59 bits per heavy atom. The number of amidine groups is 1. The summed E-state index contributed by atoms with van der Waals surface area (Å²) < 4.78 is 0. The molecule has 5 rings (SSSR count). The zero-order chi connectivity index (χ0) is 19.6. The molecule has 2 aliphatic heterocycles. The molecule has 2 heterocycles. The minimum atomic E-state index is -0.375. The third kappa shape index (κ3) is 3.43. The Hall–Kier alpha value is -3.38. The van der Waals surface area contributed by atoms with Crippen LogP contribution < -0.4 is 15.9 Å². The number of nitrogens with one attached hydrogen (secondary N) is 1. The second-order valence-electron chi connectivity index (χ2n) is 6.76. The van der Waals surface area contributed by atoms with Gasteiger partial charge in [-0.25, -0.2) is 5.01 Å². The summed E-state index contributed by atoms with van der Waals surface area (Å²) in [6, 6.07) is 27.8. The molecule has 1 atom stereocenters. The largest absolute Gasteiger partial charge is 0.298 e. The van der Waals surface area contributed by atoms with E-state index in [0.29, 0.717) is 10.9 Å². The summed E-state index contributed by atoms with van der Waals surface area (Å²) in [7, 11) is 0. The summed E-state index contributed by atoms with van der Waals surface area (Å²) in [6.45, 7) is 0. The van der Waals surface area contributed by atoms with E-state index < -0.39 is 0 Å². The number of carbonyl (C=O) groups is 1. The van der Waals surface area contributed by atoms with Crippen molar-refractivity contribution in [1.29, 1.82) is 0 Å². The van der Waals surface area contributed by atoms with Crippen LogP contribution in [0.15, 0.2) is 95.0 Å². The molecule has 0 aliphatic carbocycles. The topological polar surface area (TPSA) is 57.1 Å². The van der Waals surface area contributed by atoms with Crippen molar-refractivity contribution in [2.75, 3.05) is 0 Å². The first-order chi connectivity index (χ1) is 14.3. The first kappa shape index (κ1) is 17.7. The molecule has 2 aliphatic rings. The van der Waals surface area contributed by atoms with Gasteiger partial charge in [-0.05, 0) is 17.2 Å². The fourth-order valence-electron chi connectivity index (χ4n) is 3.46. The maximum absolute atomic E-state index is 13.1. The van der Waals surface area contributed by atoms with Crippen molar-refractivity contribution in [3.05, 3.63) is 107 Å². The Labute approximate surface area is 172 Å². The third-order valence-corrected chi connectivity index (χ3v) is 5.77. The minimum absolute atomic E-state index is 0.154. The van der Waals surface area contributed by atoms with Crippen LogP contribution in [-0.4, -0.2) is 16.1 Å². The summed E-state index contributed by atoms with van der Waals surface area (Å²) in [5.41, 5.74) is 2.70. The molecule has 0 saturated heterocycles. The Morgan fingerprint density at radius 3 is 2.38 bits per heavy atom. The lowest BCUT2D eigenvalue weighted by molar-refractivity contribution is -0.116. The van der Waals surface area contributed by atoms with Gasteiger partial charge in [0, 0.05) is 11.0 Å². The molecule has 142 valence electrons. The molecule has 0 spiro atoms. The fourth-order valence-corrected chi connectivity index (χ4v) is 4.27. The van der Waals surface area contributed by atoms with Gasteiger partial charge in [0.1, 0.15) is 5.70 Å². The van der Waals surface area contributed by atoms with Gasteiger partial charge in [0.15, 0.2) is 11.3 Å². The highest BCUT2D eigenvalue weighted by molar-refractivity contribution is 8.13. The van der Waals surface area contributed by atoms with Crippen LogP contribution in [0.2, 0.25) is 0 Å². The molecule has 0 aromatic heterocycles. The van der Waals surface area contributed by atoms with E-state index in [-0.39, 0.29) is 12.1 Å². The van der Waals surface area contributed by atoms with E-state index in [1.54, 1.807) is 5.01 Å². The van der Waals surface area contributed by atoms with Gasteiger partial charge in [0.05, 0.1) is 5.36 Å². The minimum Gasteiger partial charge on any atom is -0.298 e. The first-order valence-corrected chi connectivity index (χ1v) is 10.4. The van der Waals surface area contributed by atoms with Crippen LogP contribution in [0.25, 0.3) is 5.70 Å². The van der Waals surface area contributed by atoms with Gasteiger partial charge in [-0.2, -0.15) is 0 Å². The molecule has 0 fully saturated rings. The number of hydrogen-bond donors (Lipinski definition) is 1. The summed E-state index contributed by atoms with van der Waals surface area (Å²) in [4.78, 5) is 18.0. The van der Waals surface area contributed by atoms with Crippen molar-refractivity contribution in [1.82, 2.24) is 10.3 Å². The van der Waals surface area contributed by atoms with Crippen LogP contribution in [0.4, 0.5) is 0 Å². The highest BCUT2D eigenvalue weighted by Crippen LogP contribution is 2.30. The summed E-state index contributed by atoms with van der Waals surface area (Å²) >= 11 is 1.51. The molecule has 3 aromatic rings. The van der Waals surface area contributed by atoms with E-state index in [4.69, 9.17) is 10.1 Å². The van der Waals surface area contributed by atoms with Crippen LogP contribution in [-0.2, 0) is 10.5 Å². The lowest BCUT2D eigenvalue weighted by Crippen LogP contribution is -2.50. The van der Waals surface area contributed by atoms with E-state index >= 15 is 0 Å². The number of hydrazone groups is 1. The van der Waals surface area contributed by atoms with Gasteiger partial charge in [0.25, 0.3) is 5.91 Å². The van der Waals surface area contributed by atoms with Crippen LogP contribution in [0.5, 0.6) is 0 Å². The molecule has 0 saturated carbocycles. The highest BCUT2D eigenvalue weighted by atomic mass is 32.2. The fraction of sp³-hybridized carbons (Fsp3) is 0.0870. The average molecular weight is 398 g/mol. The van der Waals surface area contributed by atoms with E-state index in [9.17, 15) is 4.79 Å². The SMILES string of the molecule is O=C1NC(SCc2ccccc2)=NN2C1=c1ccccc1=NC2c1ccccc1. The van der Waals surface area contributed by atoms with Crippen molar-refractivity contribution < 1.29 is 4.79 Å². The second-order valence-corrected chi connectivity index (χ2v) is 7.72. The molecule has 3 aromatic carbocycles. The van der Waals surface area contributed by atoms with Crippen molar-refractivity contribution in [3.63, 3.8) is 0 Å². The number of thioether (sulfide) groups is 1. The Kier molecular flexibility index (Phi) is 4.62.